The molecule has 0 N–H and O–H groups in total. The Balaban J connectivity index is 1.59. The van der Waals surface area contributed by atoms with Gasteiger partial charge in [0, 0.05) is 36.6 Å². The summed E-state index contributed by atoms with van der Waals surface area (Å²) in [6.45, 7) is 2.13. The van der Waals surface area contributed by atoms with Crippen molar-refractivity contribution in [1.29, 1.82) is 0 Å². The maximum absolute atomic E-state index is 13.2. The highest BCUT2D eigenvalue weighted by atomic mass is 79.9. The number of halogens is 1. The summed E-state index contributed by atoms with van der Waals surface area (Å²) in [6, 6.07) is 5.65. The van der Waals surface area contributed by atoms with E-state index in [9.17, 15) is 9.59 Å². The van der Waals surface area contributed by atoms with E-state index in [-0.39, 0.29) is 23.6 Å². The van der Waals surface area contributed by atoms with Crippen LogP contribution in [0.4, 0.5) is 0 Å². The van der Waals surface area contributed by atoms with Gasteiger partial charge in [-0.1, -0.05) is 0 Å². The second-order valence-electron chi connectivity index (χ2n) is 7.89. The zero-order chi connectivity index (χ0) is 21.3. The number of hydrogen-bond acceptors (Lipinski definition) is 5. The number of nitrogens with zero attached hydrogens (tertiary/aromatic N) is 4. The Bertz CT molecular complexity index is 982. The number of methoxy groups -OCH3 is 2. The van der Waals surface area contributed by atoms with Gasteiger partial charge in [0.2, 0.25) is 0 Å². The molecule has 1 unspecified atom stereocenters. The predicted molar refractivity (Wildman–Crippen MR) is 115 cm³/mol. The van der Waals surface area contributed by atoms with E-state index in [1.807, 2.05) is 21.6 Å². The molecule has 8 nitrogen and oxygen atoms in total. The zero-order valence-electron chi connectivity index (χ0n) is 17.3. The third-order valence-electron chi connectivity index (χ3n) is 5.79. The molecular weight excluding hydrogens is 452 g/mol. The molecular formula is C21H27BrN4O4. The van der Waals surface area contributed by atoms with E-state index in [0.29, 0.717) is 37.6 Å². The number of aromatic nitrogens is 3. The molecule has 0 spiro atoms. The molecule has 1 aliphatic heterocycles. The van der Waals surface area contributed by atoms with Gasteiger partial charge in [0.05, 0.1) is 25.8 Å². The first-order valence-electron chi connectivity index (χ1n) is 10.3. The fourth-order valence-corrected chi connectivity index (χ4v) is 4.47. The largest absolute Gasteiger partial charge is 0.497 e. The van der Waals surface area contributed by atoms with Gasteiger partial charge >= 0.3 is 5.69 Å². The summed E-state index contributed by atoms with van der Waals surface area (Å²) >= 11 is 3.49. The van der Waals surface area contributed by atoms with Crippen molar-refractivity contribution >= 4 is 21.8 Å². The van der Waals surface area contributed by atoms with Crippen LogP contribution in [0.15, 0.2) is 27.5 Å². The summed E-state index contributed by atoms with van der Waals surface area (Å²) in [5, 5.41) is 4.66. The monoisotopic (exact) mass is 478 g/mol. The van der Waals surface area contributed by atoms with Crippen molar-refractivity contribution < 1.29 is 14.3 Å². The number of ether oxygens (including phenoxy) is 2. The molecule has 30 heavy (non-hydrogen) atoms. The fourth-order valence-electron chi connectivity index (χ4n) is 4.05. The Hall–Kier alpha value is -2.13. The molecule has 2 heterocycles. The van der Waals surface area contributed by atoms with Crippen LogP contribution in [0.2, 0.25) is 0 Å². The third kappa shape index (κ3) is 4.18. The normalized spacial score (nSPS) is 19.2. The molecule has 2 aromatic rings. The van der Waals surface area contributed by atoms with Crippen LogP contribution in [-0.2, 0) is 11.3 Å². The molecule has 0 bridgehead atoms. The Morgan fingerprint density at radius 3 is 2.77 bits per heavy atom. The van der Waals surface area contributed by atoms with Crippen molar-refractivity contribution in [3.63, 3.8) is 0 Å². The van der Waals surface area contributed by atoms with E-state index in [4.69, 9.17) is 9.47 Å². The molecule has 1 aromatic carbocycles. The van der Waals surface area contributed by atoms with Gasteiger partial charge in [0.25, 0.3) is 5.91 Å². The lowest BCUT2D eigenvalue weighted by Crippen LogP contribution is -2.40. The summed E-state index contributed by atoms with van der Waals surface area (Å²) in [6.07, 6.45) is 3.81. The minimum absolute atomic E-state index is 0.0374. The standard InChI is InChI=1S/C21H27BrN4O4/c1-29-11-10-25-21(28)26(15-5-6-15)19(23-25)14-4-3-9-24(13-14)20(27)17-12-16(30-2)7-8-18(17)22/h7-8,12,14-15H,3-6,9-11,13H2,1-2H3. The van der Waals surface area contributed by atoms with Gasteiger partial charge in [-0.3, -0.25) is 9.36 Å². The average molecular weight is 479 g/mol. The number of carbonyl (C=O) groups is 1. The smallest absolute Gasteiger partial charge is 0.346 e. The molecule has 1 saturated carbocycles. The number of amides is 1. The van der Waals surface area contributed by atoms with E-state index in [1.54, 1.807) is 20.3 Å². The molecule has 9 heteroatoms. The summed E-state index contributed by atoms with van der Waals surface area (Å²) in [4.78, 5) is 28.0. The molecule has 162 valence electrons. The molecule has 1 atom stereocenters. The van der Waals surface area contributed by atoms with Gasteiger partial charge in [0.1, 0.15) is 11.6 Å². The maximum atomic E-state index is 13.2. The first-order chi connectivity index (χ1) is 14.5. The lowest BCUT2D eigenvalue weighted by molar-refractivity contribution is 0.0701. The SMILES string of the molecule is COCCn1nc(C2CCCN(C(=O)c3cc(OC)ccc3Br)C2)n(C2CC2)c1=O. The summed E-state index contributed by atoms with van der Waals surface area (Å²) in [7, 11) is 3.20. The van der Waals surface area contributed by atoms with Gasteiger partial charge in [-0.15, -0.1) is 0 Å². The van der Waals surface area contributed by atoms with E-state index in [2.05, 4.69) is 21.0 Å². The van der Waals surface area contributed by atoms with Gasteiger partial charge in [-0.2, -0.15) is 5.10 Å². The molecule has 1 saturated heterocycles. The van der Waals surface area contributed by atoms with Gasteiger partial charge in [-0.25, -0.2) is 9.48 Å². The summed E-state index contributed by atoms with van der Waals surface area (Å²) < 4.78 is 14.5. The topological polar surface area (TPSA) is 78.6 Å². The summed E-state index contributed by atoms with van der Waals surface area (Å²) in [5.74, 6) is 1.46. The number of benzene rings is 1. The maximum Gasteiger partial charge on any atom is 0.346 e. The molecule has 1 aromatic heterocycles. The lowest BCUT2D eigenvalue weighted by Gasteiger charge is -2.32. The molecule has 1 aliphatic carbocycles. The van der Waals surface area contributed by atoms with E-state index in [1.165, 1.54) is 4.68 Å². The van der Waals surface area contributed by atoms with Crippen LogP contribution >= 0.6 is 15.9 Å². The van der Waals surface area contributed by atoms with Crippen LogP contribution in [0.3, 0.4) is 0 Å². The lowest BCUT2D eigenvalue weighted by atomic mass is 9.96. The van der Waals surface area contributed by atoms with Crippen molar-refractivity contribution in [2.45, 2.75) is 44.2 Å². The van der Waals surface area contributed by atoms with Crippen LogP contribution in [0.5, 0.6) is 5.75 Å². The van der Waals surface area contributed by atoms with Gasteiger partial charge < -0.3 is 14.4 Å². The van der Waals surface area contributed by atoms with E-state index < -0.39 is 0 Å². The molecule has 4 rings (SSSR count). The predicted octanol–water partition coefficient (Wildman–Crippen LogP) is 2.82. The van der Waals surface area contributed by atoms with Crippen molar-refractivity contribution in [2.75, 3.05) is 33.9 Å². The van der Waals surface area contributed by atoms with Crippen LogP contribution < -0.4 is 10.4 Å². The minimum atomic E-state index is -0.0662. The second-order valence-corrected chi connectivity index (χ2v) is 8.75. The molecule has 1 amide bonds. The highest BCUT2D eigenvalue weighted by Crippen LogP contribution is 2.37. The first kappa shape index (κ1) is 21.1. The molecule has 0 radical (unpaired) electrons. The Kier molecular flexibility index (Phi) is 6.29. The third-order valence-corrected chi connectivity index (χ3v) is 6.49. The van der Waals surface area contributed by atoms with E-state index in [0.717, 1.165) is 36.0 Å². The second kappa shape index (κ2) is 8.93. The van der Waals surface area contributed by atoms with Crippen molar-refractivity contribution in [3.8, 4) is 5.75 Å². The van der Waals surface area contributed by atoms with Crippen molar-refractivity contribution in [2.24, 2.45) is 0 Å². The van der Waals surface area contributed by atoms with Crippen LogP contribution in [0, 0.1) is 0 Å². The Morgan fingerprint density at radius 2 is 2.07 bits per heavy atom. The Morgan fingerprint density at radius 1 is 1.27 bits per heavy atom. The quantitative estimate of drug-likeness (QED) is 0.611. The fraction of sp³-hybridized carbons (Fsp3) is 0.571. The number of likely N-dealkylation sites (tertiary alicyclic amines) is 1. The number of rotatable bonds is 7. The number of carbonyl (C=O) groups excluding carboxylic acids is 1. The van der Waals surface area contributed by atoms with Crippen LogP contribution in [0.1, 0.15) is 53.8 Å². The summed E-state index contributed by atoms with van der Waals surface area (Å²) in [5.41, 5.74) is 0.517. The highest BCUT2D eigenvalue weighted by molar-refractivity contribution is 9.10. The molecule has 2 aliphatic rings. The average Bonchev–Trinajstić information content (AvgIpc) is 3.55. The molecule has 2 fully saturated rings. The zero-order valence-corrected chi connectivity index (χ0v) is 18.9. The Labute approximate surface area is 183 Å². The van der Waals surface area contributed by atoms with E-state index >= 15 is 0 Å². The minimum Gasteiger partial charge on any atom is -0.497 e. The van der Waals surface area contributed by atoms with Crippen LogP contribution in [0.25, 0.3) is 0 Å². The van der Waals surface area contributed by atoms with Gasteiger partial charge in [-0.05, 0) is 59.8 Å². The van der Waals surface area contributed by atoms with Crippen molar-refractivity contribution in [3.05, 3.63) is 44.5 Å². The number of hydrogen-bond donors (Lipinski definition) is 0. The van der Waals surface area contributed by atoms with Crippen LogP contribution in [-0.4, -0.2) is 59.1 Å². The van der Waals surface area contributed by atoms with Crippen molar-refractivity contribution in [1.82, 2.24) is 19.2 Å². The number of piperidine rings is 1. The highest BCUT2D eigenvalue weighted by Gasteiger charge is 2.35. The van der Waals surface area contributed by atoms with Gasteiger partial charge in [0.15, 0.2) is 0 Å². The first-order valence-corrected chi connectivity index (χ1v) is 11.1.